The summed E-state index contributed by atoms with van der Waals surface area (Å²) >= 11 is 0. The van der Waals surface area contributed by atoms with Crippen LogP contribution in [-0.2, 0) is 6.54 Å². The van der Waals surface area contributed by atoms with Crippen LogP contribution in [0.1, 0.15) is 33.6 Å². The molecule has 0 saturated heterocycles. The Hall–Kier alpha value is -0.990. The molecule has 1 N–H and O–H groups in total. The number of hydrogen-bond donors (Lipinski definition) is 1. The number of aromatic nitrogens is 2. The lowest BCUT2D eigenvalue weighted by atomic mass is 9.92. The second-order valence-electron chi connectivity index (χ2n) is 4.91. The highest BCUT2D eigenvalue weighted by Crippen LogP contribution is 2.51. The summed E-state index contributed by atoms with van der Waals surface area (Å²) in [7, 11) is 0. The molecule has 1 aliphatic carbocycles. The SMILES string of the molecule is CCn1ccnc1NCC1(C(C)C)CC1. The van der Waals surface area contributed by atoms with E-state index in [2.05, 4.69) is 35.6 Å². The number of nitrogens with one attached hydrogen (secondary N) is 1. The van der Waals surface area contributed by atoms with Crippen LogP contribution in [0.3, 0.4) is 0 Å². The second kappa shape index (κ2) is 3.87. The quantitative estimate of drug-likeness (QED) is 0.804. The Balaban J connectivity index is 1.93. The van der Waals surface area contributed by atoms with Crippen molar-refractivity contribution in [3.8, 4) is 0 Å². The molecule has 84 valence electrons. The Morgan fingerprint density at radius 1 is 1.53 bits per heavy atom. The van der Waals surface area contributed by atoms with Gasteiger partial charge in [-0.05, 0) is 31.1 Å². The molecule has 1 fully saturated rings. The van der Waals surface area contributed by atoms with Crippen molar-refractivity contribution in [3.05, 3.63) is 12.4 Å². The van der Waals surface area contributed by atoms with Gasteiger partial charge in [-0.15, -0.1) is 0 Å². The largest absolute Gasteiger partial charge is 0.355 e. The summed E-state index contributed by atoms with van der Waals surface area (Å²) < 4.78 is 2.15. The summed E-state index contributed by atoms with van der Waals surface area (Å²) in [6.45, 7) is 8.84. The van der Waals surface area contributed by atoms with Gasteiger partial charge in [0.15, 0.2) is 0 Å². The van der Waals surface area contributed by atoms with Crippen LogP contribution in [0.4, 0.5) is 5.95 Å². The lowest BCUT2D eigenvalue weighted by Crippen LogP contribution is -2.22. The molecular weight excluding hydrogens is 186 g/mol. The number of nitrogens with zero attached hydrogens (tertiary/aromatic N) is 2. The maximum atomic E-state index is 4.33. The van der Waals surface area contributed by atoms with Crippen molar-refractivity contribution in [3.63, 3.8) is 0 Å². The Morgan fingerprint density at radius 3 is 2.80 bits per heavy atom. The van der Waals surface area contributed by atoms with Gasteiger partial charge in [0.05, 0.1) is 0 Å². The molecule has 1 aromatic heterocycles. The van der Waals surface area contributed by atoms with Gasteiger partial charge in [0.25, 0.3) is 0 Å². The minimum atomic E-state index is 0.546. The molecule has 3 nitrogen and oxygen atoms in total. The van der Waals surface area contributed by atoms with Crippen LogP contribution in [0.5, 0.6) is 0 Å². The maximum absolute atomic E-state index is 4.33. The average Bonchev–Trinajstić information content (AvgIpc) is 2.88. The van der Waals surface area contributed by atoms with Gasteiger partial charge in [-0.3, -0.25) is 0 Å². The standard InChI is InChI=1S/C12H21N3/c1-4-15-8-7-13-11(15)14-9-12(5-6-12)10(2)3/h7-8,10H,4-6,9H2,1-3H3,(H,13,14). The van der Waals surface area contributed by atoms with Crippen molar-refractivity contribution >= 4 is 5.95 Å². The monoisotopic (exact) mass is 207 g/mol. The number of aryl methyl sites for hydroxylation is 1. The van der Waals surface area contributed by atoms with Gasteiger partial charge in [0.2, 0.25) is 5.95 Å². The van der Waals surface area contributed by atoms with Crippen LogP contribution >= 0.6 is 0 Å². The van der Waals surface area contributed by atoms with E-state index in [-0.39, 0.29) is 0 Å². The summed E-state index contributed by atoms with van der Waals surface area (Å²) in [4.78, 5) is 4.33. The number of anilines is 1. The third-order valence-electron chi connectivity index (χ3n) is 3.77. The predicted molar refractivity (Wildman–Crippen MR) is 62.9 cm³/mol. The first-order chi connectivity index (χ1) is 7.18. The predicted octanol–water partition coefficient (Wildman–Crippen LogP) is 2.75. The summed E-state index contributed by atoms with van der Waals surface area (Å²) in [5.41, 5.74) is 0.546. The Morgan fingerprint density at radius 2 is 2.27 bits per heavy atom. The van der Waals surface area contributed by atoms with Gasteiger partial charge in [-0.2, -0.15) is 0 Å². The van der Waals surface area contributed by atoms with Gasteiger partial charge < -0.3 is 9.88 Å². The minimum Gasteiger partial charge on any atom is -0.355 e. The first-order valence-corrected chi connectivity index (χ1v) is 5.93. The highest BCUT2D eigenvalue weighted by Gasteiger charge is 2.45. The molecule has 3 heteroatoms. The Labute approximate surface area is 91.9 Å². The number of hydrogen-bond acceptors (Lipinski definition) is 2. The summed E-state index contributed by atoms with van der Waals surface area (Å²) in [5.74, 6) is 1.79. The van der Waals surface area contributed by atoms with Gasteiger partial charge >= 0.3 is 0 Å². The first-order valence-electron chi connectivity index (χ1n) is 5.93. The van der Waals surface area contributed by atoms with Gasteiger partial charge in [-0.25, -0.2) is 4.98 Å². The van der Waals surface area contributed by atoms with Crippen LogP contribution in [0.2, 0.25) is 0 Å². The fourth-order valence-corrected chi connectivity index (χ4v) is 2.11. The van der Waals surface area contributed by atoms with E-state index in [0.29, 0.717) is 5.41 Å². The van der Waals surface area contributed by atoms with E-state index < -0.39 is 0 Å². The fraction of sp³-hybridized carbons (Fsp3) is 0.750. The summed E-state index contributed by atoms with van der Waals surface area (Å²) in [5, 5.41) is 3.48. The van der Waals surface area contributed by atoms with Crippen LogP contribution in [0.25, 0.3) is 0 Å². The van der Waals surface area contributed by atoms with Crippen molar-refractivity contribution in [2.45, 2.75) is 40.2 Å². The fourth-order valence-electron chi connectivity index (χ4n) is 2.11. The van der Waals surface area contributed by atoms with Crippen molar-refractivity contribution in [2.24, 2.45) is 11.3 Å². The van der Waals surface area contributed by atoms with Crippen molar-refractivity contribution in [2.75, 3.05) is 11.9 Å². The van der Waals surface area contributed by atoms with Crippen molar-refractivity contribution < 1.29 is 0 Å². The highest BCUT2D eigenvalue weighted by molar-refractivity contribution is 5.27. The van der Waals surface area contributed by atoms with Gasteiger partial charge in [-0.1, -0.05) is 13.8 Å². The zero-order valence-electron chi connectivity index (χ0n) is 9.95. The van der Waals surface area contributed by atoms with E-state index >= 15 is 0 Å². The third-order valence-corrected chi connectivity index (χ3v) is 3.77. The zero-order valence-corrected chi connectivity index (χ0v) is 9.95. The molecule has 0 unspecified atom stereocenters. The molecule has 2 rings (SSSR count). The summed E-state index contributed by atoms with van der Waals surface area (Å²) in [6, 6.07) is 0. The van der Waals surface area contributed by atoms with Crippen LogP contribution in [0.15, 0.2) is 12.4 Å². The normalized spacial score (nSPS) is 18.1. The van der Waals surface area contributed by atoms with E-state index in [9.17, 15) is 0 Å². The molecule has 1 aromatic rings. The van der Waals surface area contributed by atoms with E-state index in [4.69, 9.17) is 0 Å². The lowest BCUT2D eigenvalue weighted by Gasteiger charge is -2.20. The van der Waals surface area contributed by atoms with Crippen LogP contribution in [-0.4, -0.2) is 16.1 Å². The van der Waals surface area contributed by atoms with Gasteiger partial charge in [0, 0.05) is 25.5 Å². The number of imidazole rings is 1. The van der Waals surface area contributed by atoms with E-state index in [1.807, 2.05) is 12.4 Å². The molecular formula is C12H21N3. The maximum Gasteiger partial charge on any atom is 0.202 e. The Kier molecular flexibility index (Phi) is 2.72. The highest BCUT2D eigenvalue weighted by atomic mass is 15.2. The average molecular weight is 207 g/mol. The molecule has 0 amide bonds. The number of rotatable bonds is 5. The molecule has 0 atom stereocenters. The molecule has 1 aliphatic rings. The van der Waals surface area contributed by atoms with Crippen molar-refractivity contribution in [1.29, 1.82) is 0 Å². The molecule has 0 bridgehead atoms. The van der Waals surface area contributed by atoms with Crippen LogP contribution < -0.4 is 5.32 Å². The van der Waals surface area contributed by atoms with E-state index in [1.54, 1.807) is 0 Å². The molecule has 15 heavy (non-hydrogen) atoms. The van der Waals surface area contributed by atoms with Crippen LogP contribution in [0, 0.1) is 11.3 Å². The third kappa shape index (κ3) is 2.01. The topological polar surface area (TPSA) is 29.9 Å². The zero-order chi connectivity index (χ0) is 10.9. The Bertz CT molecular complexity index is 323. The van der Waals surface area contributed by atoms with E-state index in [1.165, 1.54) is 12.8 Å². The molecule has 1 saturated carbocycles. The molecule has 0 aromatic carbocycles. The summed E-state index contributed by atoms with van der Waals surface area (Å²) in [6.07, 6.45) is 6.62. The van der Waals surface area contributed by atoms with Gasteiger partial charge in [0.1, 0.15) is 0 Å². The molecule has 0 aliphatic heterocycles. The molecule has 0 spiro atoms. The smallest absolute Gasteiger partial charge is 0.202 e. The second-order valence-corrected chi connectivity index (χ2v) is 4.91. The first kappa shape index (κ1) is 10.5. The lowest BCUT2D eigenvalue weighted by molar-refractivity contribution is 0.379. The molecule has 1 heterocycles. The van der Waals surface area contributed by atoms with Crippen molar-refractivity contribution in [1.82, 2.24) is 9.55 Å². The molecule has 0 radical (unpaired) electrons. The minimum absolute atomic E-state index is 0.546. The van der Waals surface area contributed by atoms with E-state index in [0.717, 1.165) is 25.0 Å².